The molecule has 1 aliphatic heterocycles. The van der Waals surface area contributed by atoms with Gasteiger partial charge in [-0.2, -0.15) is 0 Å². The summed E-state index contributed by atoms with van der Waals surface area (Å²) in [5, 5.41) is 13.0. The molecule has 3 N–H and O–H groups in total. The van der Waals surface area contributed by atoms with E-state index < -0.39 is 11.6 Å². The van der Waals surface area contributed by atoms with Gasteiger partial charge in [0.25, 0.3) is 5.56 Å². The van der Waals surface area contributed by atoms with Crippen LogP contribution in [0.2, 0.25) is 5.15 Å². The van der Waals surface area contributed by atoms with Gasteiger partial charge < -0.3 is 20.3 Å². The minimum absolute atomic E-state index is 0.00116. The van der Waals surface area contributed by atoms with E-state index in [9.17, 15) is 9.90 Å². The second-order valence-electron chi connectivity index (χ2n) is 5.92. The van der Waals surface area contributed by atoms with Crippen LogP contribution in [-0.2, 0) is 0 Å². The molecule has 7 heteroatoms. The molecule has 24 heavy (non-hydrogen) atoms. The maximum absolute atomic E-state index is 11.1. The third-order valence-corrected chi connectivity index (χ3v) is 4.08. The number of nitrogens with one attached hydrogen (secondary N) is 1. The molecule has 0 aliphatic carbocycles. The number of nitrogens with two attached hydrogens (primary N) is 1. The number of quaternary nitrogens is 1. The van der Waals surface area contributed by atoms with Crippen LogP contribution in [0.15, 0.2) is 35.1 Å². The van der Waals surface area contributed by atoms with Gasteiger partial charge in [-0.05, 0) is 18.1 Å². The number of H-pyrrole nitrogens is 1. The molecule has 6 nitrogen and oxygen atoms in total. The van der Waals surface area contributed by atoms with Crippen molar-refractivity contribution in [2.24, 2.45) is 0 Å². The Morgan fingerprint density at radius 3 is 2.42 bits per heavy atom. The van der Waals surface area contributed by atoms with Crippen molar-refractivity contribution in [2.45, 2.75) is 19.8 Å². The molecule has 0 spiro atoms. The van der Waals surface area contributed by atoms with Gasteiger partial charge in [0.2, 0.25) is 0 Å². The van der Waals surface area contributed by atoms with Gasteiger partial charge in [0.1, 0.15) is 5.15 Å². The Bertz CT molecular complexity index is 697. The zero-order valence-corrected chi connectivity index (χ0v) is 14.7. The average molecular weight is 351 g/mol. The van der Waals surface area contributed by atoms with Gasteiger partial charge in [-0.15, -0.1) is 0 Å². The average Bonchev–Trinajstić information content (AvgIpc) is 2.56. The summed E-state index contributed by atoms with van der Waals surface area (Å²) in [6, 6.07) is 9.95. The van der Waals surface area contributed by atoms with Crippen molar-refractivity contribution in [3.63, 3.8) is 0 Å². The molecule has 1 fully saturated rings. The van der Waals surface area contributed by atoms with Gasteiger partial charge in [0, 0.05) is 5.69 Å². The van der Waals surface area contributed by atoms with Crippen LogP contribution >= 0.6 is 11.6 Å². The summed E-state index contributed by atoms with van der Waals surface area (Å²) in [5.74, 6) is -0.0330. The van der Waals surface area contributed by atoms with Crippen molar-refractivity contribution in [3.8, 4) is 6.01 Å². The lowest BCUT2D eigenvalue weighted by molar-refractivity contribution is -0.655. The minimum atomic E-state index is -0.700. The van der Waals surface area contributed by atoms with Crippen LogP contribution in [0.1, 0.15) is 25.3 Å². The van der Waals surface area contributed by atoms with Crippen LogP contribution in [0.5, 0.6) is 6.01 Å². The second-order valence-corrected chi connectivity index (χ2v) is 6.28. The fourth-order valence-corrected chi connectivity index (χ4v) is 2.96. The van der Waals surface area contributed by atoms with Crippen LogP contribution in [0.25, 0.3) is 0 Å². The Kier molecular flexibility index (Phi) is 6.63. The first-order valence-corrected chi connectivity index (χ1v) is 8.45. The summed E-state index contributed by atoms with van der Waals surface area (Å²) in [6.45, 7) is 8.45. The fraction of sp³-hybridized carbons (Fsp3) is 0.412. The molecule has 0 radical (unpaired) electrons. The SMILES string of the molecule is CC(C)c1c(Cl)nc([O-])[nH]c1=O.c1ccc(N2CC[NH2+]CC2)cc1. The molecule has 1 aromatic heterocycles. The molecule has 1 saturated heterocycles. The maximum Gasteiger partial charge on any atom is 0.255 e. The van der Waals surface area contributed by atoms with Crippen molar-refractivity contribution in [2.75, 3.05) is 31.1 Å². The van der Waals surface area contributed by atoms with Gasteiger partial charge in [-0.25, -0.2) is 4.98 Å². The van der Waals surface area contributed by atoms with E-state index >= 15 is 0 Å². The summed E-state index contributed by atoms with van der Waals surface area (Å²) < 4.78 is 0. The lowest BCUT2D eigenvalue weighted by Crippen LogP contribution is -2.89. The first-order chi connectivity index (χ1) is 11.5. The number of piperazine rings is 1. The Hall–Kier alpha value is -2.05. The van der Waals surface area contributed by atoms with E-state index in [0.717, 1.165) is 0 Å². The molecule has 2 heterocycles. The van der Waals surface area contributed by atoms with E-state index in [0.29, 0.717) is 5.56 Å². The van der Waals surface area contributed by atoms with Gasteiger partial charge in [-0.1, -0.05) is 43.6 Å². The Morgan fingerprint density at radius 2 is 1.88 bits per heavy atom. The van der Waals surface area contributed by atoms with Gasteiger partial charge in [-0.3, -0.25) is 4.79 Å². The molecule has 0 unspecified atom stereocenters. The van der Waals surface area contributed by atoms with Crippen molar-refractivity contribution in [1.29, 1.82) is 0 Å². The topological polar surface area (TPSA) is 88.7 Å². The van der Waals surface area contributed by atoms with Crippen LogP contribution in [0.3, 0.4) is 0 Å². The quantitative estimate of drug-likeness (QED) is 0.780. The molecule has 0 saturated carbocycles. The predicted molar refractivity (Wildman–Crippen MR) is 93.7 cm³/mol. The van der Waals surface area contributed by atoms with E-state index in [-0.39, 0.29) is 11.1 Å². The second kappa shape index (κ2) is 8.70. The third kappa shape index (κ3) is 4.97. The van der Waals surface area contributed by atoms with Crippen molar-refractivity contribution in [1.82, 2.24) is 9.97 Å². The normalized spacial score (nSPS) is 14.2. The third-order valence-electron chi connectivity index (χ3n) is 3.79. The van der Waals surface area contributed by atoms with Crippen molar-refractivity contribution >= 4 is 17.3 Å². The Balaban J connectivity index is 0.000000174. The van der Waals surface area contributed by atoms with Crippen molar-refractivity contribution < 1.29 is 10.4 Å². The van der Waals surface area contributed by atoms with Gasteiger partial charge in [0.05, 0.1) is 37.8 Å². The van der Waals surface area contributed by atoms with E-state index in [4.69, 9.17) is 11.6 Å². The zero-order chi connectivity index (χ0) is 17.5. The van der Waals surface area contributed by atoms with Crippen LogP contribution in [0, 0.1) is 0 Å². The van der Waals surface area contributed by atoms with E-state index in [1.54, 1.807) is 0 Å². The number of para-hydroxylation sites is 1. The van der Waals surface area contributed by atoms with Crippen LogP contribution in [0.4, 0.5) is 5.69 Å². The predicted octanol–water partition coefficient (Wildman–Crippen LogP) is 0.690. The summed E-state index contributed by atoms with van der Waals surface area (Å²) in [5.41, 5.74) is 1.27. The highest BCUT2D eigenvalue weighted by molar-refractivity contribution is 6.30. The van der Waals surface area contributed by atoms with E-state index in [2.05, 4.69) is 50.5 Å². The molecule has 0 atom stereocenters. The van der Waals surface area contributed by atoms with Crippen molar-refractivity contribution in [3.05, 3.63) is 51.4 Å². The number of rotatable bonds is 2. The highest BCUT2D eigenvalue weighted by atomic mass is 35.5. The van der Waals surface area contributed by atoms with E-state index in [1.165, 1.54) is 31.9 Å². The van der Waals surface area contributed by atoms with Crippen LogP contribution < -0.4 is 20.9 Å². The number of hydrogen-bond acceptors (Lipinski definition) is 4. The number of anilines is 1. The van der Waals surface area contributed by atoms with Gasteiger partial charge >= 0.3 is 0 Å². The molecule has 0 amide bonds. The summed E-state index contributed by atoms with van der Waals surface area (Å²) >= 11 is 5.60. The smallest absolute Gasteiger partial charge is 0.255 e. The number of nitrogens with zero attached hydrogens (tertiary/aromatic N) is 2. The molecular formula is C17H23ClN4O2. The number of halogens is 1. The monoisotopic (exact) mass is 350 g/mol. The highest BCUT2D eigenvalue weighted by Gasteiger charge is 2.11. The summed E-state index contributed by atoms with van der Waals surface area (Å²) in [6.07, 6.45) is 0. The highest BCUT2D eigenvalue weighted by Crippen LogP contribution is 2.18. The molecule has 0 bridgehead atoms. The minimum Gasteiger partial charge on any atom is -0.846 e. The van der Waals surface area contributed by atoms with Gasteiger partial charge in [0.15, 0.2) is 0 Å². The molecule has 130 valence electrons. The standard InChI is InChI=1S/C10H14N2.C7H9ClN2O2/c1-2-4-10(5-3-1)12-8-6-11-7-9-12;1-3(2)4-5(8)9-7(12)10-6(4)11/h1-5,11H,6-9H2;3H,1-2H3,(H2,9,10,11,12). The Labute approximate surface area is 146 Å². The summed E-state index contributed by atoms with van der Waals surface area (Å²) in [4.78, 5) is 19.0. The molecule has 1 aromatic carbocycles. The summed E-state index contributed by atoms with van der Waals surface area (Å²) in [7, 11) is 0. The first-order valence-electron chi connectivity index (χ1n) is 8.07. The first kappa shape index (κ1) is 18.3. The lowest BCUT2D eigenvalue weighted by atomic mass is 10.1. The number of benzene rings is 1. The maximum atomic E-state index is 11.1. The molecule has 3 rings (SSSR count). The number of hydrogen-bond donors (Lipinski definition) is 2. The zero-order valence-electron chi connectivity index (χ0n) is 14.0. The molecule has 1 aliphatic rings. The Morgan fingerprint density at radius 1 is 1.25 bits per heavy atom. The largest absolute Gasteiger partial charge is 0.846 e. The number of aromatic nitrogens is 2. The lowest BCUT2D eigenvalue weighted by Gasteiger charge is -2.27. The fourth-order valence-electron chi connectivity index (χ4n) is 2.58. The number of aromatic amines is 1. The molecular weight excluding hydrogens is 328 g/mol. The van der Waals surface area contributed by atoms with Crippen LogP contribution in [-0.4, -0.2) is 36.1 Å². The van der Waals surface area contributed by atoms with E-state index in [1.807, 2.05) is 13.8 Å². The molecule has 2 aromatic rings.